The molecule has 0 unspecified atom stereocenters. The van der Waals surface area contributed by atoms with E-state index in [0.717, 1.165) is 50.0 Å². The quantitative estimate of drug-likeness (QED) is 0.400. The number of nitrogens with one attached hydrogen (secondary N) is 2. The summed E-state index contributed by atoms with van der Waals surface area (Å²) in [6, 6.07) is 5.88. The number of anilines is 1. The van der Waals surface area contributed by atoms with Crippen molar-refractivity contribution in [2.45, 2.75) is 0 Å². The second-order valence-corrected chi connectivity index (χ2v) is 7.65. The van der Waals surface area contributed by atoms with Gasteiger partial charge in [-0.2, -0.15) is 16.4 Å². The summed E-state index contributed by atoms with van der Waals surface area (Å²) in [4.78, 5) is 21.2. The Morgan fingerprint density at radius 1 is 0.933 bits per heavy atom. The Morgan fingerprint density at radius 2 is 1.87 bits per heavy atom. The molecule has 30 heavy (non-hydrogen) atoms. The van der Waals surface area contributed by atoms with Crippen LogP contribution in [0.15, 0.2) is 59.9 Å². The summed E-state index contributed by atoms with van der Waals surface area (Å²) in [5.74, 6) is 0.670. The molecule has 6 rings (SSSR count). The molecule has 4 N–H and O–H groups in total. The fraction of sp³-hybridized carbons (Fsp3) is 0. The topological polar surface area (TPSA) is 122 Å². The summed E-state index contributed by atoms with van der Waals surface area (Å²) >= 11 is 1.65. The lowest BCUT2D eigenvalue weighted by Crippen LogP contribution is -1.90. The number of imidazole rings is 1. The van der Waals surface area contributed by atoms with E-state index in [9.17, 15) is 0 Å². The Kier molecular flexibility index (Phi) is 3.62. The number of aromatic nitrogens is 7. The van der Waals surface area contributed by atoms with Gasteiger partial charge in [0.1, 0.15) is 11.2 Å². The molecule has 0 aromatic carbocycles. The first-order valence-electron chi connectivity index (χ1n) is 9.18. The minimum Gasteiger partial charge on any atom is -0.397 e. The molecule has 8 nitrogen and oxygen atoms in total. The molecule has 0 radical (unpaired) electrons. The normalized spacial score (nSPS) is 11.5. The van der Waals surface area contributed by atoms with Crippen LogP contribution < -0.4 is 5.73 Å². The van der Waals surface area contributed by atoms with Gasteiger partial charge in [-0.25, -0.2) is 4.98 Å². The lowest BCUT2D eigenvalue weighted by Gasteiger charge is -2.02. The zero-order valence-electron chi connectivity index (χ0n) is 15.5. The van der Waals surface area contributed by atoms with Gasteiger partial charge in [0, 0.05) is 35.1 Å². The highest BCUT2D eigenvalue weighted by Gasteiger charge is 2.16. The van der Waals surface area contributed by atoms with E-state index in [4.69, 9.17) is 10.7 Å². The van der Waals surface area contributed by atoms with Crippen LogP contribution in [0.4, 0.5) is 5.69 Å². The fourth-order valence-electron chi connectivity index (χ4n) is 3.53. The second-order valence-electron chi connectivity index (χ2n) is 6.87. The van der Waals surface area contributed by atoms with Crippen molar-refractivity contribution >= 4 is 39.0 Å². The monoisotopic (exact) mass is 410 g/mol. The summed E-state index contributed by atoms with van der Waals surface area (Å²) in [6.45, 7) is 0. The first kappa shape index (κ1) is 16.8. The van der Waals surface area contributed by atoms with Crippen LogP contribution in [0.25, 0.3) is 55.8 Å². The third-order valence-corrected chi connectivity index (χ3v) is 5.64. The zero-order valence-corrected chi connectivity index (χ0v) is 16.3. The summed E-state index contributed by atoms with van der Waals surface area (Å²) in [5.41, 5.74) is 13.4. The number of nitrogens with two attached hydrogens (primary N) is 1. The van der Waals surface area contributed by atoms with E-state index < -0.39 is 0 Å². The van der Waals surface area contributed by atoms with Gasteiger partial charge >= 0.3 is 0 Å². The van der Waals surface area contributed by atoms with E-state index in [1.54, 1.807) is 36.1 Å². The number of nitrogens with zero attached hydrogens (tertiary/aromatic N) is 5. The maximum atomic E-state index is 5.88. The van der Waals surface area contributed by atoms with Crippen molar-refractivity contribution in [3.8, 4) is 33.9 Å². The molecule has 0 saturated heterocycles. The fourth-order valence-corrected chi connectivity index (χ4v) is 4.18. The van der Waals surface area contributed by atoms with Crippen LogP contribution in [0, 0.1) is 0 Å². The minimum atomic E-state index is 0.590. The Balaban J connectivity index is 1.52. The standard InChI is InChI=1S/C21H14N8S/c22-13-3-12(5-23-6-13)16-4-14-17(9-25-16)28-29-20(14)21-26-18-8-24-7-15(19(18)27-21)11-1-2-30-10-11/h1-10H,22H2,(H,26,27)(H,28,29). The van der Waals surface area contributed by atoms with Crippen molar-refractivity contribution in [1.29, 1.82) is 0 Å². The Hall–Kier alpha value is -4.11. The molecule has 6 aromatic rings. The van der Waals surface area contributed by atoms with Crippen molar-refractivity contribution in [3.05, 3.63) is 59.9 Å². The summed E-state index contributed by atoms with van der Waals surface area (Å²) in [6.07, 6.45) is 8.73. The molecule has 0 aliphatic carbocycles. The smallest absolute Gasteiger partial charge is 0.159 e. The molecule has 0 bridgehead atoms. The third-order valence-electron chi connectivity index (χ3n) is 4.95. The highest BCUT2D eigenvalue weighted by Crippen LogP contribution is 2.32. The molecule has 0 fully saturated rings. The molecule has 144 valence electrons. The predicted octanol–water partition coefficient (Wildman–Crippen LogP) is 4.27. The third kappa shape index (κ3) is 2.64. The van der Waals surface area contributed by atoms with Gasteiger partial charge in [0.2, 0.25) is 0 Å². The van der Waals surface area contributed by atoms with Crippen LogP contribution in [0.2, 0.25) is 0 Å². The van der Waals surface area contributed by atoms with Gasteiger partial charge < -0.3 is 10.7 Å². The van der Waals surface area contributed by atoms with E-state index in [2.05, 4.69) is 41.6 Å². The molecule has 0 atom stereocenters. The van der Waals surface area contributed by atoms with Gasteiger partial charge in [-0.05, 0) is 34.5 Å². The second kappa shape index (κ2) is 6.46. The maximum absolute atomic E-state index is 5.88. The molecule has 0 aliphatic heterocycles. The Morgan fingerprint density at radius 3 is 2.73 bits per heavy atom. The molecule has 0 spiro atoms. The van der Waals surface area contributed by atoms with Gasteiger partial charge in [0.05, 0.1) is 34.8 Å². The average molecular weight is 410 g/mol. The first-order chi connectivity index (χ1) is 14.8. The lowest BCUT2D eigenvalue weighted by atomic mass is 10.1. The Labute approximate surface area is 173 Å². The maximum Gasteiger partial charge on any atom is 0.159 e. The number of thiophene rings is 1. The average Bonchev–Trinajstić information content (AvgIpc) is 3.51. The number of hydrogen-bond acceptors (Lipinski definition) is 7. The number of fused-ring (bicyclic) bond motifs is 2. The molecule has 6 aromatic heterocycles. The zero-order chi connectivity index (χ0) is 20.1. The SMILES string of the molecule is Nc1cncc(-c2cc3c(-c4nc5c(-c6ccsc6)cncc5[nH]4)n[nH]c3cn2)c1. The lowest BCUT2D eigenvalue weighted by molar-refractivity contribution is 1.10. The minimum absolute atomic E-state index is 0.590. The van der Waals surface area contributed by atoms with Crippen LogP contribution in [-0.2, 0) is 0 Å². The molecule has 6 heterocycles. The molecule has 9 heteroatoms. The van der Waals surface area contributed by atoms with Crippen molar-refractivity contribution < 1.29 is 0 Å². The van der Waals surface area contributed by atoms with Gasteiger partial charge in [-0.15, -0.1) is 0 Å². The van der Waals surface area contributed by atoms with Gasteiger partial charge in [-0.1, -0.05) is 0 Å². The highest BCUT2D eigenvalue weighted by molar-refractivity contribution is 7.08. The van der Waals surface area contributed by atoms with Crippen LogP contribution >= 0.6 is 11.3 Å². The number of aromatic amines is 2. The van der Waals surface area contributed by atoms with E-state index in [-0.39, 0.29) is 0 Å². The number of rotatable bonds is 3. The number of H-pyrrole nitrogens is 2. The molecular formula is C21H14N8S. The van der Waals surface area contributed by atoms with Gasteiger partial charge in [0.25, 0.3) is 0 Å². The van der Waals surface area contributed by atoms with Crippen LogP contribution in [0.1, 0.15) is 0 Å². The predicted molar refractivity (Wildman–Crippen MR) is 118 cm³/mol. The molecule has 0 amide bonds. The summed E-state index contributed by atoms with van der Waals surface area (Å²) < 4.78 is 0. The van der Waals surface area contributed by atoms with Crippen LogP contribution in [-0.4, -0.2) is 35.1 Å². The van der Waals surface area contributed by atoms with Crippen LogP contribution in [0.5, 0.6) is 0 Å². The largest absolute Gasteiger partial charge is 0.397 e. The van der Waals surface area contributed by atoms with Crippen molar-refractivity contribution in [2.75, 3.05) is 5.73 Å². The number of nitrogen functional groups attached to an aromatic ring is 1. The molecule has 0 saturated carbocycles. The van der Waals surface area contributed by atoms with E-state index in [0.29, 0.717) is 11.5 Å². The van der Waals surface area contributed by atoms with Crippen molar-refractivity contribution in [2.24, 2.45) is 0 Å². The van der Waals surface area contributed by atoms with Crippen molar-refractivity contribution in [3.63, 3.8) is 0 Å². The first-order valence-corrected chi connectivity index (χ1v) is 10.1. The van der Waals surface area contributed by atoms with Gasteiger partial charge in [-0.3, -0.25) is 20.1 Å². The number of hydrogen-bond donors (Lipinski definition) is 3. The summed E-state index contributed by atoms with van der Waals surface area (Å²) in [7, 11) is 0. The van der Waals surface area contributed by atoms with E-state index >= 15 is 0 Å². The highest BCUT2D eigenvalue weighted by atomic mass is 32.1. The molecule has 0 aliphatic rings. The van der Waals surface area contributed by atoms with Crippen molar-refractivity contribution in [1.82, 2.24) is 35.1 Å². The number of pyridine rings is 3. The van der Waals surface area contributed by atoms with E-state index in [1.807, 2.05) is 23.7 Å². The Bertz CT molecular complexity index is 1510. The van der Waals surface area contributed by atoms with E-state index in [1.165, 1.54) is 0 Å². The van der Waals surface area contributed by atoms with Crippen LogP contribution in [0.3, 0.4) is 0 Å². The molecular weight excluding hydrogens is 396 g/mol. The van der Waals surface area contributed by atoms with Gasteiger partial charge in [0.15, 0.2) is 5.82 Å². The summed E-state index contributed by atoms with van der Waals surface area (Å²) in [5, 5.41) is 12.6.